The average Bonchev–Trinajstić information content (AvgIpc) is 3.07. The molecule has 4 aliphatic rings. The minimum atomic E-state index is -0.626. The van der Waals surface area contributed by atoms with E-state index in [-0.39, 0.29) is 47.8 Å². The number of nitrogens with zero attached hydrogens (tertiary/aromatic N) is 1. The van der Waals surface area contributed by atoms with Crippen LogP contribution >= 0.6 is 11.6 Å². The van der Waals surface area contributed by atoms with Crippen LogP contribution in [0.2, 0.25) is 5.02 Å². The van der Waals surface area contributed by atoms with Crippen molar-refractivity contribution in [3.05, 3.63) is 77.3 Å². The molecule has 1 N–H and O–H groups in total. The van der Waals surface area contributed by atoms with Crippen molar-refractivity contribution in [1.29, 1.82) is 0 Å². The van der Waals surface area contributed by atoms with Crippen molar-refractivity contribution in [3.63, 3.8) is 0 Å². The van der Waals surface area contributed by atoms with E-state index in [0.29, 0.717) is 10.7 Å². The van der Waals surface area contributed by atoms with Gasteiger partial charge in [-0.05, 0) is 54.5 Å². The summed E-state index contributed by atoms with van der Waals surface area (Å²) in [5, 5.41) is 3.44. The summed E-state index contributed by atoms with van der Waals surface area (Å²) in [4.78, 5) is 41.2. The molecule has 158 valence electrons. The van der Waals surface area contributed by atoms with Gasteiger partial charge in [0.15, 0.2) is 0 Å². The van der Waals surface area contributed by atoms with E-state index < -0.39 is 6.04 Å². The molecule has 0 radical (unpaired) electrons. The van der Waals surface area contributed by atoms with Gasteiger partial charge in [-0.2, -0.15) is 0 Å². The van der Waals surface area contributed by atoms with E-state index in [2.05, 4.69) is 17.5 Å². The smallest absolute Gasteiger partial charge is 0.234 e. The van der Waals surface area contributed by atoms with Crippen LogP contribution in [0.25, 0.3) is 0 Å². The largest absolute Gasteiger partial charge is 0.326 e. The number of halogens is 1. The van der Waals surface area contributed by atoms with Gasteiger partial charge >= 0.3 is 0 Å². The van der Waals surface area contributed by atoms with Crippen molar-refractivity contribution in [3.8, 4) is 0 Å². The summed E-state index contributed by atoms with van der Waals surface area (Å²) in [6, 6.07) is 15.6. The maximum Gasteiger partial charge on any atom is 0.234 e. The third kappa shape index (κ3) is 3.57. The minimum Gasteiger partial charge on any atom is -0.326 e. The molecule has 2 aromatic carbocycles. The number of anilines is 1. The summed E-state index contributed by atoms with van der Waals surface area (Å²) in [6.45, 7) is 0. The van der Waals surface area contributed by atoms with E-state index >= 15 is 0 Å². The monoisotopic (exact) mass is 434 g/mol. The van der Waals surface area contributed by atoms with Crippen LogP contribution in [0, 0.1) is 23.7 Å². The van der Waals surface area contributed by atoms with Crippen molar-refractivity contribution in [2.75, 3.05) is 5.32 Å². The van der Waals surface area contributed by atoms with Gasteiger partial charge in [-0.1, -0.05) is 54.1 Å². The zero-order chi connectivity index (χ0) is 21.5. The van der Waals surface area contributed by atoms with Crippen molar-refractivity contribution in [2.45, 2.75) is 25.3 Å². The van der Waals surface area contributed by atoms with Crippen LogP contribution in [0.15, 0.2) is 66.7 Å². The number of fused-ring (bicyclic) bond motifs is 1. The molecule has 1 aliphatic heterocycles. The Morgan fingerprint density at radius 2 is 1.52 bits per heavy atom. The second-order valence-electron chi connectivity index (χ2n) is 8.57. The van der Waals surface area contributed by atoms with Crippen molar-refractivity contribution >= 4 is 35.0 Å². The lowest BCUT2D eigenvalue weighted by Gasteiger charge is -2.38. The summed E-state index contributed by atoms with van der Waals surface area (Å²) >= 11 is 5.92. The number of likely N-dealkylation sites (tertiary alicyclic amines) is 1. The molecule has 0 unspecified atom stereocenters. The number of nitrogens with one attached hydrogen (secondary N) is 1. The topological polar surface area (TPSA) is 66.5 Å². The molecule has 3 aliphatic carbocycles. The van der Waals surface area contributed by atoms with Gasteiger partial charge in [-0.25, -0.2) is 0 Å². The number of carbonyl (C=O) groups is 3. The Balaban J connectivity index is 1.43. The van der Waals surface area contributed by atoms with Crippen molar-refractivity contribution in [1.82, 2.24) is 4.90 Å². The first-order valence-electron chi connectivity index (χ1n) is 10.7. The number of carbonyl (C=O) groups excluding carboxylic acids is 3. The second-order valence-corrected chi connectivity index (χ2v) is 9.01. The first-order chi connectivity index (χ1) is 15.0. The maximum atomic E-state index is 13.5. The van der Waals surface area contributed by atoms with Crippen LogP contribution in [-0.4, -0.2) is 22.6 Å². The molecule has 2 bridgehead atoms. The highest BCUT2D eigenvalue weighted by Crippen LogP contribution is 2.51. The number of imide groups is 1. The molecular formula is C25H23ClN2O3. The summed E-state index contributed by atoms with van der Waals surface area (Å²) in [5.41, 5.74) is 1.41. The molecule has 5 atom stereocenters. The van der Waals surface area contributed by atoms with Gasteiger partial charge in [-0.3, -0.25) is 19.3 Å². The van der Waals surface area contributed by atoms with Crippen molar-refractivity contribution < 1.29 is 14.4 Å². The predicted octanol–water partition coefficient (Wildman–Crippen LogP) is 4.61. The quantitative estimate of drug-likeness (QED) is 0.552. The molecule has 31 heavy (non-hydrogen) atoms. The third-order valence-electron chi connectivity index (χ3n) is 6.80. The van der Waals surface area contributed by atoms with E-state index in [9.17, 15) is 14.4 Å². The molecule has 1 saturated heterocycles. The highest BCUT2D eigenvalue weighted by Gasteiger charge is 2.58. The van der Waals surface area contributed by atoms with Crippen LogP contribution in [0.5, 0.6) is 0 Å². The summed E-state index contributed by atoms with van der Waals surface area (Å²) in [6.07, 6.45) is 6.11. The van der Waals surface area contributed by atoms with Gasteiger partial charge in [-0.15, -0.1) is 0 Å². The first kappa shape index (κ1) is 20.0. The van der Waals surface area contributed by atoms with E-state index in [1.807, 2.05) is 30.3 Å². The highest BCUT2D eigenvalue weighted by molar-refractivity contribution is 6.30. The molecule has 3 amide bonds. The fourth-order valence-electron chi connectivity index (χ4n) is 5.36. The molecule has 6 rings (SSSR count). The fraction of sp³-hybridized carbons (Fsp3) is 0.320. The molecular weight excluding hydrogens is 412 g/mol. The van der Waals surface area contributed by atoms with E-state index in [4.69, 9.17) is 11.6 Å². The number of amides is 3. The molecule has 5 nitrogen and oxygen atoms in total. The highest BCUT2D eigenvalue weighted by atomic mass is 35.5. The minimum absolute atomic E-state index is 0.00627. The Morgan fingerprint density at radius 3 is 2.06 bits per heavy atom. The van der Waals surface area contributed by atoms with Crippen LogP contribution in [0.3, 0.4) is 0 Å². The lowest BCUT2D eigenvalue weighted by Crippen LogP contribution is -2.38. The second kappa shape index (κ2) is 7.97. The Hall–Kier alpha value is -2.92. The third-order valence-corrected chi connectivity index (χ3v) is 7.05. The molecule has 1 saturated carbocycles. The van der Waals surface area contributed by atoms with Crippen molar-refractivity contribution in [2.24, 2.45) is 23.7 Å². The standard InChI is InChI=1S/C25H23ClN2O3/c26-18-10-12-19(13-11-18)27-21(29)14-20(15-4-2-1-3-5-15)28-24(30)22-16-6-7-17(9-8-16)23(22)25(28)31/h1-7,10-13,16-17,20,22-23H,8-9,14H2,(H,27,29)/t16-,17-,20+,22+,23+/m0/s1. The molecule has 1 heterocycles. The molecule has 2 aromatic rings. The van der Waals surface area contributed by atoms with Crippen LogP contribution in [-0.2, 0) is 14.4 Å². The van der Waals surface area contributed by atoms with Crippen LogP contribution in [0.4, 0.5) is 5.69 Å². The Morgan fingerprint density at radius 1 is 0.935 bits per heavy atom. The average molecular weight is 435 g/mol. The number of hydrogen-bond acceptors (Lipinski definition) is 3. The maximum absolute atomic E-state index is 13.5. The number of benzene rings is 2. The molecule has 0 spiro atoms. The number of allylic oxidation sites excluding steroid dienone is 2. The van der Waals surface area contributed by atoms with Crippen LogP contribution < -0.4 is 5.32 Å². The Labute approximate surface area is 186 Å². The molecule has 0 aromatic heterocycles. The number of hydrogen-bond donors (Lipinski definition) is 1. The van der Waals surface area contributed by atoms with Crippen LogP contribution in [0.1, 0.15) is 30.9 Å². The predicted molar refractivity (Wildman–Crippen MR) is 118 cm³/mol. The summed E-state index contributed by atoms with van der Waals surface area (Å²) in [7, 11) is 0. The zero-order valence-electron chi connectivity index (χ0n) is 16.9. The van der Waals surface area contributed by atoms with Gasteiger partial charge in [0.2, 0.25) is 17.7 Å². The lowest BCUT2D eigenvalue weighted by atomic mass is 9.63. The van der Waals surface area contributed by atoms with Gasteiger partial charge in [0.05, 0.1) is 24.3 Å². The Kier molecular flexibility index (Phi) is 5.14. The Bertz CT molecular complexity index is 1020. The van der Waals surface area contributed by atoms with E-state index in [1.54, 1.807) is 24.3 Å². The number of rotatable bonds is 5. The molecule has 2 fully saturated rings. The van der Waals surface area contributed by atoms with Gasteiger partial charge in [0, 0.05) is 10.7 Å². The fourth-order valence-corrected chi connectivity index (χ4v) is 5.48. The zero-order valence-corrected chi connectivity index (χ0v) is 17.7. The first-order valence-corrected chi connectivity index (χ1v) is 11.1. The molecule has 6 heteroatoms. The van der Waals surface area contributed by atoms with Gasteiger partial charge in [0.1, 0.15) is 0 Å². The van der Waals surface area contributed by atoms with Gasteiger partial charge in [0.25, 0.3) is 0 Å². The van der Waals surface area contributed by atoms with E-state index in [1.165, 1.54) is 4.90 Å². The van der Waals surface area contributed by atoms with E-state index in [0.717, 1.165) is 18.4 Å². The SMILES string of the molecule is O=C(C[C@H](c1ccccc1)N1C(=O)[C@H]2[C@H](C1=O)[C@H]1C=C[C@H]2CC1)Nc1ccc(Cl)cc1. The summed E-state index contributed by atoms with van der Waals surface area (Å²) < 4.78 is 0. The van der Waals surface area contributed by atoms with Gasteiger partial charge < -0.3 is 5.32 Å². The lowest BCUT2D eigenvalue weighted by molar-refractivity contribution is -0.143. The normalized spacial score (nSPS) is 27.3. The summed E-state index contributed by atoms with van der Waals surface area (Å²) in [5.74, 6) is -0.868.